The summed E-state index contributed by atoms with van der Waals surface area (Å²) >= 11 is 2.19. The second kappa shape index (κ2) is 4.78. The Morgan fingerprint density at radius 3 is 2.81 bits per heavy atom. The van der Waals surface area contributed by atoms with Gasteiger partial charge in [0.05, 0.1) is 10.4 Å². The summed E-state index contributed by atoms with van der Waals surface area (Å²) in [5.74, 6) is -0.453. The molecule has 1 atom stereocenters. The Bertz CT molecular complexity index is 708. The maximum absolute atomic E-state index is 13.1. The number of rotatable bonds is 3. The molecule has 0 spiro atoms. The Hall–Kier alpha value is -1.46. The summed E-state index contributed by atoms with van der Waals surface area (Å²) in [6, 6.07) is 1.21. The molecule has 0 saturated heterocycles. The van der Waals surface area contributed by atoms with Gasteiger partial charge in [0.25, 0.3) is 0 Å². The zero-order valence-electron chi connectivity index (χ0n) is 10.1. The first-order chi connectivity index (χ1) is 9.78. The third-order valence-corrected chi connectivity index (χ3v) is 4.50. The molecule has 114 valence electrons. The lowest BCUT2D eigenvalue weighted by molar-refractivity contribution is -0.252. The summed E-state index contributed by atoms with van der Waals surface area (Å²) in [5, 5.41) is 3.04. The average molecular weight is 340 g/mol. The molecule has 5 N–H and O–H groups in total. The molecule has 1 aliphatic heterocycles. The largest absolute Gasteiger partial charge is 0.461 e. The molecule has 0 aliphatic carbocycles. The number of fused-ring (bicyclic) bond motifs is 3. The van der Waals surface area contributed by atoms with Crippen LogP contribution >= 0.6 is 23.1 Å². The van der Waals surface area contributed by atoms with Crippen molar-refractivity contribution in [2.45, 2.75) is 22.9 Å². The quantitative estimate of drug-likeness (QED) is 0.745. The first kappa shape index (κ1) is 14.5. The van der Waals surface area contributed by atoms with Crippen LogP contribution in [0, 0.1) is 0 Å². The highest BCUT2D eigenvalue weighted by atomic mass is 32.2. The molecular formula is C10H8F4N4OS2. The fourth-order valence-electron chi connectivity index (χ4n) is 1.85. The van der Waals surface area contributed by atoms with Crippen molar-refractivity contribution in [3.63, 3.8) is 0 Å². The topological polar surface area (TPSA) is 86.2 Å². The molecule has 2 heterocycles. The molecular weight excluding hydrogens is 332 g/mol. The van der Waals surface area contributed by atoms with E-state index in [4.69, 9.17) is 11.5 Å². The Balaban J connectivity index is 2.14. The predicted octanol–water partition coefficient (Wildman–Crippen LogP) is 2.88. The second-order valence-electron chi connectivity index (χ2n) is 4.13. The zero-order chi connectivity index (χ0) is 15.4. The summed E-state index contributed by atoms with van der Waals surface area (Å²) in [4.78, 5) is 4.37. The van der Waals surface area contributed by atoms with Crippen LogP contribution in [0.4, 0.5) is 28.4 Å². The van der Waals surface area contributed by atoms with Crippen LogP contribution in [0.2, 0.25) is 0 Å². The van der Waals surface area contributed by atoms with Gasteiger partial charge in [0.1, 0.15) is 11.0 Å². The van der Waals surface area contributed by atoms with Crippen LogP contribution in [0.3, 0.4) is 0 Å². The number of nitrogen functional groups attached to an aromatic ring is 1. The number of thiazole rings is 1. The molecule has 0 saturated carbocycles. The van der Waals surface area contributed by atoms with Gasteiger partial charge in [-0.1, -0.05) is 23.1 Å². The van der Waals surface area contributed by atoms with Crippen molar-refractivity contribution in [1.29, 1.82) is 0 Å². The number of anilines is 2. The lowest BCUT2D eigenvalue weighted by Crippen LogP contribution is -2.33. The number of nitrogens with two attached hydrogens (primary N) is 2. The summed E-state index contributed by atoms with van der Waals surface area (Å²) in [5.41, 5.74) is 11.4. The highest BCUT2D eigenvalue weighted by molar-refractivity contribution is 8.00. The van der Waals surface area contributed by atoms with Gasteiger partial charge >= 0.3 is 12.5 Å². The van der Waals surface area contributed by atoms with Gasteiger partial charge in [0, 0.05) is 4.90 Å². The lowest BCUT2D eigenvalue weighted by atomic mass is 10.2. The van der Waals surface area contributed by atoms with Crippen molar-refractivity contribution in [1.82, 2.24) is 4.98 Å². The molecule has 1 aliphatic rings. The first-order valence-electron chi connectivity index (χ1n) is 5.54. The van der Waals surface area contributed by atoms with E-state index in [9.17, 15) is 17.6 Å². The predicted molar refractivity (Wildman–Crippen MR) is 73.1 cm³/mol. The van der Waals surface area contributed by atoms with E-state index in [2.05, 4.69) is 15.0 Å². The minimum Gasteiger partial charge on any atom is -0.426 e. The van der Waals surface area contributed by atoms with Gasteiger partial charge < -0.3 is 21.5 Å². The molecule has 5 nitrogen and oxygen atoms in total. The average Bonchev–Trinajstić information content (AvgIpc) is 2.90. The maximum atomic E-state index is 13.1. The number of alkyl halides is 4. The number of thioether (sulfide) groups is 1. The van der Waals surface area contributed by atoms with Crippen molar-refractivity contribution in [3.05, 3.63) is 6.07 Å². The monoisotopic (exact) mass is 340 g/mol. The SMILES string of the molecule is Nc1nc2c(OC(F)(F)C(F)F)cc3c(c2s1)NC(N)S3. The fraction of sp³-hybridized carbons (Fsp3) is 0.300. The number of benzene rings is 1. The molecule has 3 rings (SSSR count). The summed E-state index contributed by atoms with van der Waals surface area (Å²) in [6.07, 6.45) is -8.57. The van der Waals surface area contributed by atoms with Gasteiger partial charge in [-0.2, -0.15) is 17.6 Å². The van der Waals surface area contributed by atoms with Crippen LogP contribution in [0.25, 0.3) is 10.2 Å². The minimum absolute atomic E-state index is 0.00113. The van der Waals surface area contributed by atoms with Crippen LogP contribution in [-0.2, 0) is 0 Å². The first-order valence-corrected chi connectivity index (χ1v) is 7.24. The number of ether oxygens (including phenoxy) is 1. The lowest BCUT2D eigenvalue weighted by Gasteiger charge is -2.17. The molecule has 0 amide bonds. The molecule has 11 heteroatoms. The number of halogens is 4. The van der Waals surface area contributed by atoms with Gasteiger partial charge in [-0.25, -0.2) is 4.98 Å². The standard InChI is InChI=1S/C10H8F4N4OS2/c11-7(12)10(13,14)19-2-1-3-5(18-8(15)20-3)6-4(2)17-9(16)21-6/h1,7-8,18H,15H2,(H2,16,17). The van der Waals surface area contributed by atoms with E-state index in [1.165, 1.54) is 6.07 Å². The smallest absolute Gasteiger partial charge is 0.426 e. The Morgan fingerprint density at radius 2 is 2.14 bits per heavy atom. The molecule has 1 aromatic heterocycles. The van der Waals surface area contributed by atoms with Crippen LogP contribution in [0.5, 0.6) is 5.75 Å². The van der Waals surface area contributed by atoms with Gasteiger partial charge in [0.2, 0.25) is 0 Å². The summed E-state index contributed by atoms with van der Waals surface area (Å²) in [7, 11) is 0. The minimum atomic E-state index is -4.61. The Morgan fingerprint density at radius 1 is 1.43 bits per heavy atom. The number of hydrogen-bond donors (Lipinski definition) is 3. The zero-order valence-corrected chi connectivity index (χ0v) is 11.7. The van der Waals surface area contributed by atoms with E-state index in [1.807, 2.05) is 0 Å². The van der Waals surface area contributed by atoms with Crippen molar-refractivity contribution >= 4 is 44.1 Å². The fourth-order valence-corrected chi connectivity index (χ4v) is 3.68. The molecule has 1 unspecified atom stereocenters. The number of hydrogen-bond acceptors (Lipinski definition) is 7. The number of nitrogens with zero attached hydrogens (tertiary/aromatic N) is 1. The van der Waals surface area contributed by atoms with E-state index in [0.717, 1.165) is 23.1 Å². The van der Waals surface area contributed by atoms with E-state index in [0.29, 0.717) is 15.3 Å². The molecule has 2 aromatic rings. The van der Waals surface area contributed by atoms with E-state index in [1.54, 1.807) is 0 Å². The number of nitrogens with one attached hydrogen (secondary N) is 1. The highest BCUT2D eigenvalue weighted by Crippen LogP contribution is 2.48. The van der Waals surface area contributed by atoms with E-state index >= 15 is 0 Å². The molecule has 0 fully saturated rings. The Labute approximate surface area is 123 Å². The van der Waals surface area contributed by atoms with Crippen LogP contribution in [-0.4, -0.2) is 23.0 Å². The summed E-state index contributed by atoms with van der Waals surface area (Å²) in [6.45, 7) is 0. The molecule has 0 radical (unpaired) electrons. The van der Waals surface area contributed by atoms with E-state index < -0.39 is 23.8 Å². The van der Waals surface area contributed by atoms with Crippen molar-refractivity contribution in [3.8, 4) is 5.75 Å². The number of aromatic nitrogens is 1. The third-order valence-electron chi connectivity index (χ3n) is 2.65. The van der Waals surface area contributed by atoms with Crippen LogP contribution in [0.1, 0.15) is 0 Å². The van der Waals surface area contributed by atoms with Crippen LogP contribution < -0.4 is 21.5 Å². The van der Waals surface area contributed by atoms with E-state index in [-0.39, 0.29) is 10.6 Å². The van der Waals surface area contributed by atoms with Gasteiger partial charge in [-0.15, -0.1) is 0 Å². The normalized spacial score (nSPS) is 18.1. The molecule has 21 heavy (non-hydrogen) atoms. The maximum Gasteiger partial charge on any atom is 0.461 e. The van der Waals surface area contributed by atoms with Gasteiger partial charge in [-0.05, 0) is 6.07 Å². The van der Waals surface area contributed by atoms with Crippen molar-refractivity contribution in [2.24, 2.45) is 5.73 Å². The second-order valence-corrected chi connectivity index (χ2v) is 6.34. The van der Waals surface area contributed by atoms with Crippen molar-refractivity contribution < 1.29 is 22.3 Å². The molecule has 0 bridgehead atoms. The Kier molecular flexibility index (Phi) is 3.30. The van der Waals surface area contributed by atoms with Gasteiger partial charge in [-0.3, -0.25) is 0 Å². The van der Waals surface area contributed by atoms with Gasteiger partial charge in [0.15, 0.2) is 10.9 Å². The molecule has 1 aromatic carbocycles. The highest BCUT2D eigenvalue weighted by Gasteiger charge is 2.45. The third kappa shape index (κ3) is 2.45. The summed E-state index contributed by atoms with van der Waals surface area (Å²) < 4.78 is 55.4. The van der Waals surface area contributed by atoms with Crippen molar-refractivity contribution in [2.75, 3.05) is 11.1 Å². The van der Waals surface area contributed by atoms with Crippen LogP contribution in [0.15, 0.2) is 11.0 Å².